The Hall–Kier alpha value is -0.900. The van der Waals surface area contributed by atoms with E-state index in [1.54, 1.807) is 0 Å². The van der Waals surface area contributed by atoms with Gasteiger partial charge in [0.2, 0.25) is 0 Å². The Morgan fingerprint density at radius 1 is 1.34 bits per heavy atom. The van der Waals surface area contributed by atoms with E-state index in [2.05, 4.69) is 67.3 Å². The second-order valence-corrected chi connectivity index (χ2v) is 7.53. The molecule has 0 aliphatic carbocycles. The van der Waals surface area contributed by atoms with E-state index in [0.717, 1.165) is 45.2 Å². The summed E-state index contributed by atoms with van der Waals surface area (Å²) in [6, 6.07) is 8.47. The minimum atomic E-state index is 0. The highest BCUT2D eigenvalue weighted by atomic mass is 127. The van der Waals surface area contributed by atoms with Crippen LogP contribution < -0.4 is 5.32 Å². The molecule has 166 valence electrons. The normalized spacial score (nSPS) is 18.5. The van der Waals surface area contributed by atoms with Gasteiger partial charge >= 0.3 is 0 Å². The lowest BCUT2D eigenvalue weighted by Gasteiger charge is -2.36. The SMILES string of the molecule is CCNC(=NCC(CCN(C)C)OCC)N1CCOC(c2ccccc2C)C1.I. The van der Waals surface area contributed by atoms with Crippen LogP contribution in [0.4, 0.5) is 0 Å². The van der Waals surface area contributed by atoms with Gasteiger partial charge in [-0.3, -0.25) is 4.99 Å². The Labute approximate surface area is 194 Å². The molecule has 29 heavy (non-hydrogen) atoms. The quantitative estimate of drug-likeness (QED) is 0.309. The van der Waals surface area contributed by atoms with Crippen molar-refractivity contribution in [3.63, 3.8) is 0 Å². The first-order chi connectivity index (χ1) is 13.5. The second kappa shape index (κ2) is 14.2. The van der Waals surface area contributed by atoms with Crippen LogP contribution in [0.3, 0.4) is 0 Å². The summed E-state index contributed by atoms with van der Waals surface area (Å²) in [7, 11) is 4.19. The third-order valence-electron chi connectivity index (χ3n) is 4.98. The standard InChI is InChI=1S/C22H38N4O2.HI/c1-6-23-22(24-16-19(27-7-2)12-13-25(4)5)26-14-15-28-21(17-26)20-11-9-8-10-18(20)3;/h8-11,19,21H,6-7,12-17H2,1-5H3,(H,23,24);1H. The van der Waals surface area contributed by atoms with Crippen LogP contribution in [-0.2, 0) is 9.47 Å². The van der Waals surface area contributed by atoms with Gasteiger partial charge < -0.3 is 24.6 Å². The molecule has 7 heteroatoms. The first-order valence-electron chi connectivity index (χ1n) is 10.5. The fourth-order valence-corrected chi connectivity index (χ4v) is 3.46. The van der Waals surface area contributed by atoms with E-state index in [0.29, 0.717) is 13.2 Å². The first kappa shape index (κ1) is 26.1. The first-order valence-corrected chi connectivity index (χ1v) is 10.5. The molecule has 1 fully saturated rings. The van der Waals surface area contributed by atoms with Gasteiger partial charge in [0.25, 0.3) is 0 Å². The van der Waals surface area contributed by atoms with Gasteiger partial charge in [-0.1, -0.05) is 24.3 Å². The Morgan fingerprint density at radius 3 is 2.76 bits per heavy atom. The summed E-state index contributed by atoms with van der Waals surface area (Å²) in [6.07, 6.45) is 1.21. The van der Waals surface area contributed by atoms with Crippen LogP contribution in [0.15, 0.2) is 29.3 Å². The van der Waals surface area contributed by atoms with Crippen molar-refractivity contribution in [1.29, 1.82) is 0 Å². The van der Waals surface area contributed by atoms with Crippen molar-refractivity contribution >= 4 is 29.9 Å². The molecule has 0 aromatic heterocycles. The number of morpholine rings is 1. The smallest absolute Gasteiger partial charge is 0.194 e. The summed E-state index contributed by atoms with van der Waals surface area (Å²) in [6.45, 7) is 11.9. The zero-order valence-electron chi connectivity index (χ0n) is 18.7. The Bertz CT molecular complexity index is 612. The number of hydrogen-bond acceptors (Lipinski definition) is 4. The molecule has 1 aliphatic rings. The van der Waals surface area contributed by atoms with Crippen molar-refractivity contribution in [2.45, 2.75) is 39.4 Å². The molecule has 1 aromatic carbocycles. The largest absolute Gasteiger partial charge is 0.377 e. The summed E-state index contributed by atoms with van der Waals surface area (Å²) < 4.78 is 12.0. The van der Waals surface area contributed by atoms with Crippen LogP contribution in [0, 0.1) is 6.92 Å². The van der Waals surface area contributed by atoms with E-state index in [-0.39, 0.29) is 36.2 Å². The number of guanidine groups is 1. The van der Waals surface area contributed by atoms with Gasteiger partial charge in [-0.2, -0.15) is 0 Å². The van der Waals surface area contributed by atoms with Crippen LogP contribution in [0.2, 0.25) is 0 Å². The minimum Gasteiger partial charge on any atom is -0.377 e. The molecule has 1 aliphatic heterocycles. The van der Waals surface area contributed by atoms with E-state index in [9.17, 15) is 0 Å². The summed E-state index contributed by atoms with van der Waals surface area (Å²) in [5.74, 6) is 0.957. The molecule has 0 amide bonds. The lowest BCUT2D eigenvalue weighted by atomic mass is 10.0. The molecular weight excluding hydrogens is 479 g/mol. The van der Waals surface area contributed by atoms with Gasteiger partial charge in [-0.25, -0.2) is 0 Å². The molecule has 1 heterocycles. The highest BCUT2D eigenvalue weighted by Crippen LogP contribution is 2.25. The molecule has 0 saturated carbocycles. The number of hydrogen-bond donors (Lipinski definition) is 1. The number of nitrogens with one attached hydrogen (secondary N) is 1. The third-order valence-corrected chi connectivity index (χ3v) is 4.98. The Kier molecular flexibility index (Phi) is 12.8. The highest BCUT2D eigenvalue weighted by molar-refractivity contribution is 14.0. The van der Waals surface area contributed by atoms with Crippen molar-refractivity contribution in [1.82, 2.24) is 15.1 Å². The van der Waals surface area contributed by atoms with E-state index < -0.39 is 0 Å². The number of aryl methyl sites for hydroxylation is 1. The second-order valence-electron chi connectivity index (χ2n) is 7.53. The number of benzene rings is 1. The predicted octanol–water partition coefficient (Wildman–Crippen LogP) is 3.31. The minimum absolute atomic E-state index is 0. The molecule has 2 rings (SSSR count). The van der Waals surface area contributed by atoms with E-state index in [4.69, 9.17) is 14.5 Å². The highest BCUT2D eigenvalue weighted by Gasteiger charge is 2.25. The van der Waals surface area contributed by atoms with Gasteiger partial charge in [0.15, 0.2) is 5.96 Å². The Morgan fingerprint density at radius 2 is 2.10 bits per heavy atom. The van der Waals surface area contributed by atoms with Gasteiger partial charge in [-0.05, 0) is 52.4 Å². The molecule has 1 N–H and O–H groups in total. The number of ether oxygens (including phenoxy) is 2. The molecule has 1 saturated heterocycles. The number of nitrogens with zero attached hydrogens (tertiary/aromatic N) is 3. The fraction of sp³-hybridized carbons (Fsp3) is 0.682. The van der Waals surface area contributed by atoms with Crippen molar-refractivity contribution in [2.75, 3.05) is 60.0 Å². The molecule has 0 bridgehead atoms. The molecule has 1 aromatic rings. The van der Waals surface area contributed by atoms with Crippen molar-refractivity contribution in [2.24, 2.45) is 4.99 Å². The zero-order chi connectivity index (χ0) is 20.4. The van der Waals surface area contributed by atoms with Crippen LogP contribution in [0.5, 0.6) is 0 Å². The lowest BCUT2D eigenvalue weighted by molar-refractivity contribution is -0.00852. The predicted molar refractivity (Wildman–Crippen MR) is 131 cm³/mol. The maximum absolute atomic E-state index is 6.08. The molecule has 0 radical (unpaired) electrons. The average molecular weight is 518 g/mol. The van der Waals surface area contributed by atoms with Gasteiger partial charge in [-0.15, -0.1) is 24.0 Å². The summed E-state index contributed by atoms with van der Waals surface area (Å²) in [5, 5.41) is 3.46. The maximum Gasteiger partial charge on any atom is 0.194 e. The molecule has 2 atom stereocenters. The van der Waals surface area contributed by atoms with Gasteiger partial charge in [0.1, 0.15) is 6.10 Å². The topological polar surface area (TPSA) is 49.3 Å². The van der Waals surface area contributed by atoms with Crippen LogP contribution >= 0.6 is 24.0 Å². The van der Waals surface area contributed by atoms with Crippen LogP contribution in [-0.4, -0.2) is 81.9 Å². The van der Waals surface area contributed by atoms with E-state index in [1.165, 1.54) is 11.1 Å². The summed E-state index contributed by atoms with van der Waals surface area (Å²) in [5.41, 5.74) is 2.54. The summed E-state index contributed by atoms with van der Waals surface area (Å²) >= 11 is 0. The van der Waals surface area contributed by atoms with Gasteiger partial charge in [0.05, 0.1) is 25.8 Å². The third kappa shape index (κ3) is 8.78. The number of rotatable bonds is 9. The van der Waals surface area contributed by atoms with Crippen molar-refractivity contribution < 1.29 is 9.47 Å². The molecular formula is C22H39IN4O2. The number of aliphatic imine (C=N–C) groups is 1. The van der Waals surface area contributed by atoms with Crippen molar-refractivity contribution in [3.05, 3.63) is 35.4 Å². The van der Waals surface area contributed by atoms with Crippen LogP contribution in [0.25, 0.3) is 0 Å². The van der Waals surface area contributed by atoms with Crippen LogP contribution in [0.1, 0.15) is 37.5 Å². The van der Waals surface area contributed by atoms with Gasteiger partial charge in [0, 0.05) is 26.2 Å². The summed E-state index contributed by atoms with van der Waals surface area (Å²) in [4.78, 5) is 9.43. The fourth-order valence-electron chi connectivity index (χ4n) is 3.46. The maximum atomic E-state index is 6.08. The zero-order valence-corrected chi connectivity index (χ0v) is 21.0. The lowest BCUT2D eigenvalue weighted by Crippen LogP contribution is -2.48. The van der Waals surface area contributed by atoms with E-state index >= 15 is 0 Å². The molecule has 0 spiro atoms. The molecule has 2 unspecified atom stereocenters. The molecule has 6 nitrogen and oxygen atoms in total. The number of halogens is 1. The van der Waals surface area contributed by atoms with Crippen molar-refractivity contribution in [3.8, 4) is 0 Å². The monoisotopic (exact) mass is 518 g/mol. The van der Waals surface area contributed by atoms with E-state index in [1.807, 2.05) is 6.92 Å². The Balaban J connectivity index is 0.00000420. The average Bonchev–Trinajstić information content (AvgIpc) is 2.69.